The van der Waals surface area contributed by atoms with Crippen LogP contribution in [0.25, 0.3) is 0 Å². The Morgan fingerprint density at radius 2 is 2.10 bits per heavy atom. The van der Waals surface area contributed by atoms with Crippen molar-refractivity contribution in [3.05, 3.63) is 29.3 Å². The first-order chi connectivity index (χ1) is 9.61. The summed E-state index contributed by atoms with van der Waals surface area (Å²) < 4.78 is 10.8. The SMILES string of the molecule is COc1ccc2c(c1)C(C)(CCOCCBr)C(=O)CC2. The van der Waals surface area contributed by atoms with Crippen LogP contribution in [0.1, 0.15) is 30.9 Å². The van der Waals surface area contributed by atoms with E-state index in [0.29, 0.717) is 25.4 Å². The summed E-state index contributed by atoms with van der Waals surface area (Å²) in [5.41, 5.74) is 1.91. The van der Waals surface area contributed by atoms with Gasteiger partial charge in [0.2, 0.25) is 0 Å². The Balaban J connectivity index is 2.25. The van der Waals surface area contributed by atoms with E-state index in [1.165, 1.54) is 5.56 Å². The van der Waals surface area contributed by atoms with Crippen molar-refractivity contribution in [2.75, 3.05) is 25.7 Å². The van der Waals surface area contributed by atoms with Crippen molar-refractivity contribution in [1.82, 2.24) is 0 Å². The van der Waals surface area contributed by atoms with Gasteiger partial charge in [0, 0.05) is 18.4 Å². The lowest BCUT2D eigenvalue weighted by atomic mass is 9.68. The number of Topliss-reactive ketones (excluding diaryl/α,β-unsaturated/α-hetero) is 1. The molecular formula is C16H21BrO3. The Kier molecular flexibility index (Phi) is 5.22. The van der Waals surface area contributed by atoms with Gasteiger partial charge in [-0.05, 0) is 43.0 Å². The van der Waals surface area contributed by atoms with Gasteiger partial charge in [0.05, 0.1) is 19.1 Å². The van der Waals surface area contributed by atoms with E-state index >= 15 is 0 Å². The molecule has 0 saturated carbocycles. The fourth-order valence-electron chi connectivity index (χ4n) is 2.80. The number of hydrogen-bond donors (Lipinski definition) is 0. The third-order valence-electron chi connectivity index (χ3n) is 4.12. The first-order valence-electron chi connectivity index (χ1n) is 6.96. The lowest BCUT2D eigenvalue weighted by molar-refractivity contribution is -0.125. The van der Waals surface area contributed by atoms with Crippen molar-refractivity contribution >= 4 is 21.7 Å². The topological polar surface area (TPSA) is 35.5 Å². The Morgan fingerprint density at radius 1 is 1.30 bits per heavy atom. The molecule has 4 heteroatoms. The summed E-state index contributed by atoms with van der Waals surface area (Å²) in [5, 5.41) is 0.821. The molecule has 0 N–H and O–H groups in total. The average Bonchev–Trinajstić information content (AvgIpc) is 2.47. The summed E-state index contributed by atoms with van der Waals surface area (Å²) in [6, 6.07) is 6.06. The molecule has 0 bridgehead atoms. The van der Waals surface area contributed by atoms with E-state index in [1.54, 1.807) is 7.11 Å². The fraction of sp³-hybridized carbons (Fsp3) is 0.562. The van der Waals surface area contributed by atoms with Crippen molar-refractivity contribution < 1.29 is 14.3 Å². The maximum absolute atomic E-state index is 12.4. The minimum atomic E-state index is -0.450. The minimum Gasteiger partial charge on any atom is -0.497 e. The van der Waals surface area contributed by atoms with E-state index < -0.39 is 5.41 Å². The van der Waals surface area contributed by atoms with Crippen LogP contribution < -0.4 is 4.74 Å². The summed E-state index contributed by atoms with van der Waals surface area (Å²) >= 11 is 3.34. The van der Waals surface area contributed by atoms with Crippen LogP contribution >= 0.6 is 15.9 Å². The second kappa shape index (κ2) is 6.72. The summed E-state index contributed by atoms with van der Waals surface area (Å²) in [4.78, 5) is 12.4. The highest BCUT2D eigenvalue weighted by molar-refractivity contribution is 9.09. The third kappa shape index (κ3) is 3.07. The first kappa shape index (κ1) is 15.5. The third-order valence-corrected chi connectivity index (χ3v) is 4.44. The molecule has 0 spiro atoms. The van der Waals surface area contributed by atoms with Gasteiger partial charge in [0.15, 0.2) is 0 Å². The van der Waals surface area contributed by atoms with Gasteiger partial charge in [-0.25, -0.2) is 0 Å². The van der Waals surface area contributed by atoms with Gasteiger partial charge in [0.1, 0.15) is 11.5 Å². The molecule has 1 atom stereocenters. The lowest BCUT2D eigenvalue weighted by Gasteiger charge is -2.34. The Labute approximate surface area is 128 Å². The van der Waals surface area contributed by atoms with Crippen LogP contribution in [0.15, 0.2) is 18.2 Å². The van der Waals surface area contributed by atoms with Gasteiger partial charge in [0.25, 0.3) is 0 Å². The van der Waals surface area contributed by atoms with E-state index in [2.05, 4.69) is 22.0 Å². The highest BCUT2D eigenvalue weighted by Crippen LogP contribution is 2.39. The van der Waals surface area contributed by atoms with Crippen LogP contribution in [0, 0.1) is 0 Å². The molecule has 1 aromatic rings. The number of ether oxygens (including phenoxy) is 2. The zero-order chi connectivity index (χ0) is 14.6. The van der Waals surface area contributed by atoms with Crippen molar-refractivity contribution in [3.8, 4) is 5.75 Å². The van der Waals surface area contributed by atoms with Crippen LogP contribution in [0.5, 0.6) is 5.75 Å². The number of carbonyl (C=O) groups excluding carboxylic acids is 1. The molecule has 20 heavy (non-hydrogen) atoms. The molecule has 0 aliphatic heterocycles. The largest absolute Gasteiger partial charge is 0.497 e. The molecule has 110 valence electrons. The van der Waals surface area contributed by atoms with E-state index in [4.69, 9.17) is 9.47 Å². The lowest BCUT2D eigenvalue weighted by Crippen LogP contribution is -2.38. The standard InChI is InChI=1S/C16H21BrO3/c1-16(7-9-20-10-8-17)14-11-13(19-2)5-3-12(14)4-6-15(16)18/h3,5,11H,4,6-10H2,1-2H3. The molecule has 0 saturated heterocycles. The van der Waals surface area contributed by atoms with Crippen molar-refractivity contribution in [3.63, 3.8) is 0 Å². The summed E-state index contributed by atoms with van der Waals surface area (Å²) in [6.07, 6.45) is 2.17. The molecule has 2 rings (SSSR count). The quantitative estimate of drug-likeness (QED) is 0.588. The van der Waals surface area contributed by atoms with Crippen LogP contribution in [-0.4, -0.2) is 31.4 Å². The van der Waals surface area contributed by atoms with Gasteiger partial charge in [-0.3, -0.25) is 4.79 Å². The van der Waals surface area contributed by atoms with Crippen molar-refractivity contribution in [1.29, 1.82) is 0 Å². The summed E-state index contributed by atoms with van der Waals surface area (Å²) in [5.74, 6) is 1.12. The highest BCUT2D eigenvalue weighted by Gasteiger charge is 2.39. The molecule has 1 aliphatic carbocycles. The number of halogens is 1. The minimum absolute atomic E-state index is 0.306. The van der Waals surface area contributed by atoms with E-state index in [0.717, 1.165) is 29.5 Å². The molecule has 0 radical (unpaired) electrons. The number of hydrogen-bond acceptors (Lipinski definition) is 3. The molecule has 0 aromatic heterocycles. The number of fused-ring (bicyclic) bond motifs is 1. The zero-order valence-electron chi connectivity index (χ0n) is 12.1. The van der Waals surface area contributed by atoms with Gasteiger partial charge < -0.3 is 9.47 Å². The number of aryl methyl sites for hydroxylation is 1. The number of ketones is 1. The molecule has 1 aromatic carbocycles. The normalized spacial score (nSPS) is 21.6. The highest BCUT2D eigenvalue weighted by atomic mass is 79.9. The molecule has 1 aliphatic rings. The van der Waals surface area contributed by atoms with Crippen LogP contribution in [0.4, 0.5) is 0 Å². The van der Waals surface area contributed by atoms with E-state index in [9.17, 15) is 4.79 Å². The van der Waals surface area contributed by atoms with Crippen molar-refractivity contribution in [2.45, 2.75) is 31.6 Å². The molecule has 0 heterocycles. The Bertz CT molecular complexity index is 487. The fourth-order valence-corrected chi connectivity index (χ4v) is 3.02. The number of alkyl halides is 1. The van der Waals surface area contributed by atoms with Crippen LogP contribution in [0.3, 0.4) is 0 Å². The zero-order valence-corrected chi connectivity index (χ0v) is 13.7. The molecule has 3 nitrogen and oxygen atoms in total. The van der Waals surface area contributed by atoms with Crippen LogP contribution in [-0.2, 0) is 21.4 Å². The predicted octanol–water partition coefficient (Wildman–Crippen LogP) is 3.27. The molecule has 0 fully saturated rings. The maximum Gasteiger partial charge on any atom is 0.143 e. The number of benzene rings is 1. The van der Waals surface area contributed by atoms with E-state index in [-0.39, 0.29) is 0 Å². The maximum atomic E-state index is 12.4. The molecule has 0 amide bonds. The average molecular weight is 341 g/mol. The summed E-state index contributed by atoms with van der Waals surface area (Å²) in [7, 11) is 1.66. The monoisotopic (exact) mass is 340 g/mol. The van der Waals surface area contributed by atoms with Gasteiger partial charge in [-0.2, -0.15) is 0 Å². The summed E-state index contributed by atoms with van der Waals surface area (Å²) in [6.45, 7) is 3.31. The number of carbonyl (C=O) groups is 1. The first-order valence-corrected chi connectivity index (χ1v) is 8.08. The van der Waals surface area contributed by atoms with Crippen LogP contribution in [0.2, 0.25) is 0 Å². The second-order valence-electron chi connectivity index (χ2n) is 5.33. The van der Waals surface area contributed by atoms with Gasteiger partial charge >= 0.3 is 0 Å². The number of rotatable bonds is 6. The number of methoxy groups -OCH3 is 1. The smallest absolute Gasteiger partial charge is 0.143 e. The molecular weight excluding hydrogens is 320 g/mol. The van der Waals surface area contributed by atoms with Crippen molar-refractivity contribution in [2.24, 2.45) is 0 Å². The van der Waals surface area contributed by atoms with Gasteiger partial charge in [-0.15, -0.1) is 0 Å². The Morgan fingerprint density at radius 3 is 2.80 bits per heavy atom. The Hall–Kier alpha value is -0.870. The second-order valence-corrected chi connectivity index (χ2v) is 6.12. The van der Waals surface area contributed by atoms with E-state index in [1.807, 2.05) is 19.1 Å². The predicted molar refractivity (Wildman–Crippen MR) is 82.9 cm³/mol. The van der Waals surface area contributed by atoms with Gasteiger partial charge in [-0.1, -0.05) is 22.0 Å². The molecule has 1 unspecified atom stereocenters.